The average molecular weight is 272 g/mol. The maximum absolute atomic E-state index is 4.57. The van der Waals surface area contributed by atoms with E-state index in [-0.39, 0.29) is 0 Å². The summed E-state index contributed by atoms with van der Waals surface area (Å²) in [7, 11) is 2.00. The minimum absolute atomic E-state index is 0.311. The Hall–Kier alpha value is -1.68. The van der Waals surface area contributed by atoms with Crippen molar-refractivity contribution in [3.05, 3.63) is 47.5 Å². The van der Waals surface area contributed by atoms with Crippen molar-refractivity contribution < 1.29 is 0 Å². The number of hydrogen-bond donors (Lipinski definition) is 1. The Morgan fingerprint density at radius 2 is 2.15 bits per heavy atom. The van der Waals surface area contributed by atoms with E-state index in [0.717, 1.165) is 25.8 Å². The lowest BCUT2D eigenvalue weighted by atomic mass is 10.0. The normalized spacial score (nSPS) is 12.6. The molecule has 0 bridgehead atoms. The van der Waals surface area contributed by atoms with Crippen LogP contribution in [0.1, 0.15) is 42.8 Å². The van der Waals surface area contributed by atoms with Crippen LogP contribution >= 0.6 is 0 Å². The van der Waals surface area contributed by atoms with E-state index < -0.39 is 0 Å². The number of aromatic nitrogens is 3. The number of nitrogens with one attached hydrogen (secondary N) is 1. The molecule has 1 N–H and O–H groups in total. The summed E-state index contributed by atoms with van der Waals surface area (Å²) in [4.78, 5) is 4.57. The van der Waals surface area contributed by atoms with Crippen LogP contribution in [-0.2, 0) is 13.5 Å². The standard InChI is InChI=1S/C16H24N4/c1-4-10-17-15(16-13(2)6-5-11-18-16)8-7-14-9-12-19-20(14)3/h5-6,9,11-12,15,17H,4,7-8,10H2,1-3H3. The molecule has 2 heterocycles. The van der Waals surface area contributed by atoms with Gasteiger partial charge in [-0.3, -0.25) is 9.67 Å². The van der Waals surface area contributed by atoms with Gasteiger partial charge in [0.1, 0.15) is 0 Å². The van der Waals surface area contributed by atoms with E-state index in [1.807, 2.05) is 30.2 Å². The Labute approximate surface area is 121 Å². The fourth-order valence-electron chi connectivity index (χ4n) is 2.46. The molecule has 1 atom stereocenters. The molecule has 4 heteroatoms. The number of hydrogen-bond acceptors (Lipinski definition) is 3. The third-order valence-electron chi connectivity index (χ3n) is 3.63. The van der Waals surface area contributed by atoms with Gasteiger partial charge in [-0.25, -0.2) is 0 Å². The van der Waals surface area contributed by atoms with Gasteiger partial charge in [0.2, 0.25) is 0 Å². The second-order valence-corrected chi connectivity index (χ2v) is 5.20. The molecule has 0 spiro atoms. The molecule has 1 unspecified atom stereocenters. The smallest absolute Gasteiger partial charge is 0.0602 e. The van der Waals surface area contributed by atoms with Crippen LogP contribution < -0.4 is 5.32 Å². The number of rotatable bonds is 7. The lowest BCUT2D eigenvalue weighted by Crippen LogP contribution is -2.24. The quantitative estimate of drug-likeness (QED) is 0.843. The van der Waals surface area contributed by atoms with Crippen LogP contribution in [0, 0.1) is 6.92 Å². The van der Waals surface area contributed by atoms with Gasteiger partial charge in [-0.05, 0) is 50.4 Å². The molecule has 0 saturated heterocycles. The maximum atomic E-state index is 4.57. The zero-order chi connectivity index (χ0) is 14.4. The van der Waals surface area contributed by atoms with Crippen molar-refractivity contribution >= 4 is 0 Å². The highest BCUT2D eigenvalue weighted by molar-refractivity contribution is 5.21. The largest absolute Gasteiger partial charge is 0.309 e. The van der Waals surface area contributed by atoms with Gasteiger partial charge in [-0.2, -0.15) is 5.10 Å². The summed E-state index contributed by atoms with van der Waals surface area (Å²) < 4.78 is 1.95. The summed E-state index contributed by atoms with van der Waals surface area (Å²) in [5.41, 5.74) is 3.69. The van der Waals surface area contributed by atoms with Gasteiger partial charge in [0, 0.05) is 25.1 Å². The summed E-state index contributed by atoms with van der Waals surface area (Å²) in [6.07, 6.45) is 6.92. The lowest BCUT2D eigenvalue weighted by molar-refractivity contribution is 0.480. The molecule has 0 aromatic carbocycles. The second-order valence-electron chi connectivity index (χ2n) is 5.20. The van der Waals surface area contributed by atoms with E-state index in [4.69, 9.17) is 0 Å². The number of aryl methyl sites for hydroxylation is 3. The van der Waals surface area contributed by atoms with Crippen LogP contribution in [0.25, 0.3) is 0 Å². The van der Waals surface area contributed by atoms with Gasteiger partial charge in [0.05, 0.1) is 11.7 Å². The Balaban J connectivity index is 2.08. The first-order chi connectivity index (χ1) is 9.72. The highest BCUT2D eigenvalue weighted by Crippen LogP contribution is 2.20. The Morgan fingerprint density at radius 3 is 2.80 bits per heavy atom. The summed E-state index contributed by atoms with van der Waals surface area (Å²) in [5, 5.41) is 7.84. The minimum Gasteiger partial charge on any atom is -0.309 e. The predicted octanol–water partition coefficient (Wildman–Crippen LogP) is 2.80. The molecule has 2 aromatic heterocycles. The van der Waals surface area contributed by atoms with E-state index in [9.17, 15) is 0 Å². The van der Waals surface area contributed by atoms with Crippen LogP contribution in [0.3, 0.4) is 0 Å². The van der Waals surface area contributed by atoms with E-state index in [2.05, 4.69) is 41.4 Å². The second kappa shape index (κ2) is 7.20. The SMILES string of the molecule is CCCNC(CCc1ccnn1C)c1ncccc1C. The fraction of sp³-hybridized carbons (Fsp3) is 0.500. The van der Waals surface area contributed by atoms with E-state index in [1.54, 1.807) is 0 Å². The first-order valence-electron chi connectivity index (χ1n) is 7.34. The van der Waals surface area contributed by atoms with Crippen molar-refractivity contribution in [3.8, 4) is 0 Å². The molecular weight excluding hydrogens is 248 g/mol. The molecule has 0 aliphatic carbocycles. The monoisotopic (exact) mass is 272 g/mol. The average Bonchev–Trinajstić information content (AvgIpc) is 2.86. The van der Waals surface area contributed by atoms with Gasteiger partial charge in [-0.1, -0.05) is 13.0 Å². The molecule has 20 heavy (non-hydrogen) atoms. The van der Waals surface area contributed by atoms with Crippen LogP contribution in [0.4, 0.5) is 0 Å². The van der Waals surface area contributed by atoms with Crippen molar-refractivity contribution in [2.24, 2.45) is 7.05 Å². The molecule has 0 amide bonds. The molecule has 0 aliphatic heterocycles. The first-order valence-corrected chi connectivity index (χ1v) is 7.34. The van der Waals surface area contributed by atoms with Crippen molar-refractivity contribution in [1.29, 1.82) is 0 Å². The molecule has 0 fully saturated rings. The highest BCUT2D eigenvalue weighted by Gasteiger charge is 2.15. The molecule has 0 aliphatic rings. The molecule has 108 valence electrons. The van der Waals surface area contributed by atoms with Crippen molar-refractivity contribution in [3.63, 3.8) is 0 Å². The summed E-state index contributed by atoms with van der Waals surface area (Å²) in [6.45, 7) is 5.34. The van der Waals surface area contributed by atoms with Gasteiger partial charge in [0.25, 0.3) is 0 Å². The molecule has 4 nitrogen and oxygen atoms in total. The number of pyridine rings is 1. The van der Waals surface area contributed by atoms with Crippen molar-refractivity contribution in [2.75, 3.05) is 6.54 Å². The van der Waals surface area contributed by atoms with Crippen molar-refractivity contribution in [2.45, 2.75) is 39.2 Å². The van der Waals surface area contributed by atoms with Crippen molar-refractivity contribution in [1.82, 2.24) is 20.1 Å². The molecule has 2 rings (SSSR count). The summed E-state index contributed by atoms with van der Waals surface area (Å²) >= 11 is 0. The van der Waals surface area contributed by atoms with Crippen LogP contribution in [0.15, 0.2) is 30.6 Å². The molecule has 0 saturated carbocycles. The Morgan fingerprint density at radius 1 is 1.30 bits per heavy atom. The van der Waals surface area contributed by atoms with Crippen LogP contribution in [0.5, 0.6) is 0 Å². The van der Waals surface area contributed by atoms with Gasteiger partial charge in [-0.15, -0.1) is 0 Å². The lowest BCUT2D eigenvalue weighted by Gasteiger charge is -2.19. The molecular formula is C16H24N4. The predicted molar refractivity (Wildman–Crippen MR) is 81.5 cm³/mol. The highest BCUT2D eigenvalue weighted by atomic mass is 15.2. The zero-order valence-corrected chi connectivity index (χ0v) is 12.6. The van der Waals surface area contributed by atoms with E-state index in [1.165, 1.54) is 17.0 Å². The third kappa shape index (κ3) is 3.67. The first kappa shape index (κ1) is 14.7. The number of nitrogens with zero attached hydrogens (tertiary/aromatic N) is 3. The summed E-state index contributed by atoms with van der Waals surface area (Å²) in [6, 6.07) is 6.53. The topological polar surface area (TPSA) is 42.7 Å². The molecule has 0 radical (unpaired) electrons. The maximum Gasteiger partial charge on any atom is 0.0602 e. The van der Waals surface area contributed by atoms with E-state index >= 15 is 0 Å². The van der Waals surface area contributed by atoms with E-state index in [0.29, 0.717) is 6.04 Å². The fourth-order valence-corrected chi connectivity index (χ4v) is 2.46. The summed E-state index contributed by atoms with van der Waals surface area (Å²) in [5.74, 6) is 0. The van der Waals surface area contributed by atoms with Gasteiger partial charge >= 0.3 is 0 Å². The Bertz CT molecular complexity index is 533. The van der Waals surface area contributed by atoms with Crippen LogP contribution in [-0.4, -0.2) is 21.3 Å². The Kier molecular flexibility index (Phi) is 5.30. The third-order valence-corrected chi connectivity index (χ3v) is 3.63. The van der Waals surface area contributed by atoms with Crippen LogP contribution in [0.2, 0.25) is 0 Å². The van der Waals surface area contributed by atoms with Gasteiger partial charge in [0.15, 0.2) is 0 Å². The minimum atomic E-state index is 0.311. The molecule has 2 aromatic rings. The van der Waals surface area contributed by atoms with Gasteiger partial charge < -0.3 is 5.32 Å². The zero-order valence-electron chi connectivity index (χ0n) is 12.6.